The summed E-state index contributed by atoms with van der Waals surface area (Å²) in [5.41, 5.74) is 7.70. The topological polar surface area (TPSA) is 43.9 Å². The molecule has 3 aliphatic heterocycles. The molecule has 0 N–H and O–H groups in total. The first-order valence-electron chi connectivity index (χ1n) is 12.6. The van der Waals surface area contributed by atoms with Gasteiger partial charge in [0.25, 0.3) is 5.91 Å². The van der Waals surface area contributed by atoms with Crippen LogP contribution >= 0.6 is 0 Å². The Kier molecular flexibility index (Phi) is 5.36. The summed E-state index contributed by atoms with van der Waals surface area (Å²) in [5, 5.41) is 0. The van der Waals surface area contributed by atoms with Gasteiger partial charge in [-0.15, -0.1) is 0 Å². The van der Waals surface area contributed by atoms with Crippen molar-refractivity contribution >= 4 is 17.5 Å². The average Bonchev–Trinajstić information content (AvgIpc) is 2.90. The van der Waals surface area contributed by atoms with Crippen LogP contribution in [-0.4, -0.2) is 54.3 Å². The van der Waals surface area contributed by atoms with Crippen molar-refractivity contribution in [2.75, 3.05) is 37.6 Å². The van der Waals surface area contributed by atoms with Gasteiger partial charge in [0.2, 0.25) is 5.91 Å². The van der Waals surface area contributed by atoms with Gasteiger partial charge in [-0.25, -0.2) is 0 Å². The average molecular weight is 466 g/mol. The van der Waals surface area contributed by atoms with E-state index >= 15 is 0 Å². The molecule has 2 unspecified atom stereocenters. The molecule has 0 radical (unpaired) electrons. The zero-order chi connectivity index (χ0) is 24.1. The summed E-state index contributed by atoms with van der Waals surface area (Å²) in [5.74, 6) is -0.196. The van der Waals surface area contributed by atoms with Crippen LogP contribution in [0.25, 0.3) is 0 Å². The number of amides is 2. The molecule has 0 aliphatic carbocycles. The summed E-state index contributed by atoms with van der Waals surface area (Å²) < 4.78 is 0. The molecule has 5 nitrogen and oxygen atoms in total. The van der Waals surface area contributed by atoms with E-state index in [2.05, 4.69) is 55.1 Å². The Labute approximate surface area is 207 Å². The molecular formula is C30H31N3O2. The first kappa shape index (κ1) is 21.9. The molecule has 3 aliphatic rings. The predicted molar refractivity (Wildman–Crippen MR) is 138 cm³/mol. The number of hydrogen-bond donors (Lipinski definition) is 0. The van der Waals surface area contributed by atoms with Gasteiger partial charge in [0, 0.05) is 44.0 Å². The van der Waals surface area contributed by atoms with Crippen LogP contribution in [0.2, 0.25) is 0 Å². The number of carbonyl (C=O) groups is 2. The number of benzene rings is 3. The second-order valence-electron chi connectivity index (χ2n) is 10.1. The third-order valence-electron chi connectivity index (χ3n) is 8.00. The Morgan fingerprint density at radius 2 is 1.54 bits per heavy atom. The maximum atomic E-state index is 14.2. The Hall–Kier alpha value is -3.60. The molecule has 0 saturated carbocycles. The van der Waals surface area contributed by atoms with Crippen molar-refractivity contribution in [1.82, 2.24) is 9.80 Å². The molecule has 1 saturated heterocycles. The van der Waals surface area contributed by atoms with Gasteiger partial charge in [-0.2, -0.15) is 0 Å². The van der Waals surface area contributed by atoms with Gasteiger partial charge in [-0.05, 0) is 60.2 Å². The normalized spacial score (nSPS) is 21.3. The second kappa shape index (κ2) is 8.56. The number of hydrogen-bond acceptors (Lipinski definition) is 3. The van der Waals surface area contributed by atoms with E-state index < -0.39 is 0 Å². The SMILES string of the molecule is Cc1ccc(C)c(N2CCN(C(=O)C3c4ccccc4C(=O)N4CCc5ccccc5C34)CC2)c1. The van der Waals surface area contributed by atoms with Crippen LogP contribution in [0.4, 0.5) is 5.69 Å². The van der Waals surface area contributed by atoms with Crippen LogP contribution in [0.3, 0.4) is 0 Å². The summed E-state index contributed by atoms with van der Waals surface area (Å²) >= 11 is 0. The Morgan fingerprint density at radius 3 is 2.34 bits per heavy atom. The lowest BCUT2D eigenvalue weighted by Gasteiger charge is -2.47. The third kappa shape index (κ3) is 3.61. The van der Waals surface area contributed by atoms with E-state index in [4.69, 9.17) is 0 Å². The minimum atomic E-state index is -0.377. The highest BCUT2D eigenvalue weighted by Gasteiger charge is 2.47. The lowest BCUT2D eigenvalue weighted by molar-refractivity contribution is -0.135. The van der Waals surface area contributed by atoms with Gasteiger partial charge in [0.15, 0.2) is 0 Å². The largest absolute Gasteiger partial charge is 0.368 e. The highest BCUT2D eigenvalue weighted by Crippen LogP contribution is 2.46. The van der Waals surface area contributed by atoms with E-state index in [-0.39, 0.29) is 23.8 Å². The molecule has 6 rings (SSSR count). The molecule has 2 amide bonds. The van der Waals surface area contributed by atoms with Crippen LogP contribution in [-0.2, 0) is 11.2 Å². The third-order valence-corrected chi connectivity index (χ3v) is 8.00. The second-order valence-corrected chi connectivity index (χ2v) is 10.1. The summed E-state index contributed by atoms with van der Waals surface area (Å²) in [7, 11) is 0. The molecule has 0 spiro atoms. The smallest absolute Gasteiger partial charge is 0.254 e. The predicted octanol–water partition coefficient (Wildman–Crippen LogP) is 4.49. The minimum absolute atomic E-state index is 0.0453. The van der Waals surface area contributed by atoms with Gasteiger partial charge >= 0.3 is 0 Å². The summed E-state index contributed by atoms with van der Waals surface area (Å²) in [6.07, 6.45) is 0.829. The first-order chi connectivity index (χ1) is 17.0. The first-order valence-corrected chi connectivity index (χ1v) is 12.6. The molecular weight excluding hydrogens is 434 g/mol. The highest BCUT2D eigenvalue weighted by molar-refractivity contribution is 6.01. The molecule has 3 aromatic carbocycles. The van der Waals surface area contributed by atoms with Crippen molar-refractivity contribution in [3.05, 3.63) is 100 Å². The minimum Gasteiger partial charge on any atom is -0.368 e. The van der Waals surface area contributed by atoms with Crippen molar-refractivity contribution < 1.29 is 9.59 Å². The molecule has 2 atom stereocenters. The van der Waals surface area contributed by atoms with Crippen molar-refractivity contribution in [3.63, 3.8) is 0 Å². The molecule has 3 heterocycles. The number of rotatable bonds is 2. The summed E-state index contributed by atoms with van der Waals surface area (Å²) in [6, 6.07) is 22.4. The molecule has 0 bridgehead atoms. The molecule has 178 valence electrons. The lowest BCUT2D eigenvalue weighted by Crippen LogP contribution is -2.54. The van der Waals surface area contributed by atoms with Crippen molar-refractivity contribution in [2.45, 2.75) is 32.2 Å². The van der Waals surface area contributed by atoms with Crippen LogP contribution in [0.5, 0.6) is 0 Å². The van der Waals surface area contributed by atoms with Gasteiger partial charge < -0.3 is 14.7 Å². The molecule has 3 aromatic rings. The summed E-state index contributed by atoms with van der Waals surface area (Å²) in [4.78, 5) is 34.0. The maximum absolute atomic E-state index is 14.2. The van der Waals surface area contributed by atoms with E-state index in [0.29, 0.717) is 25.2 Å². The van der Waals surface area contributed by atoms with Crippen LogP contribution in [0.1, 0.15) is 50.1 Å². The van der Waals surface area contributed by atoms with Gasteiger partial charge in [-0.3, -0.25) is 9.59 Å². The standard InChI is InChI=1S/C30H31N3O2/c1-20-11-12-21(2)26(19-20)31-15-17-32(18-16-31)30(35)27-24-9-5-6-10-25(24)29(34)33-14-13-22-7-3-4-8-23(22)28(27)33/h3-12,19,27-28H,13-18H2,1-2H3. The zero-order valence-corrected chi connectivity index (χ0v) is 20.4. The molecule has 0 aromatic heterocycles. The Bertz CT molecular complexity index is 1310. The fourth-order valence-corrected chi connectivity index (χ4v) is 6.17. The fourth-order valence-electron chi connectivity index (χ4n) is 6.17. The quantitative estimate of drug-likeness (QED) is 0.560. The lowest BCUT2D eigenvalue weighted by atomic mass is 9.75. The maximum Gasteiger partial charge on any atom is 0.254 e. The fraction of sp³-hybridized carbons (Fsp3) is 0.333. The molecule has 1 fully saturated rings. The van der Waals surface area contributed by atoms with Crippen LogP contribution < -0.4 is 4.90 Å². The van der Waals surface area contributed by atoms with Crippen molar-refractivity contribution in [1.29, 1.82) is 0 Å². The number of aryl methyl sites for hydroxylation is 2. The van der Waals surface area contributed by atoms with Crippen molar-refractivity contribution in [3.8, 4) is 0 Å². The van der Waals surface area contributed by atoms with E-state index in [0.717, 1.165) is 30.6 Å². The Morgan fingerprint density at radius 1 is 0.829 bits per heavy atom. The number of fused-ring (bicyclic) bond motifs is 4. The monoisotopic (exact) mass is 465 g/mol. The molecule has 35 heavy (non-hydrogen) atoms. The Balaban J connectivity index is 1.33. The van der Waals surface area contributed by atoms with Gasteiger partial charge in [-0.1, -0.05) is 54.6 Å². The van der Waals surface area contributed by atoms with Crippen LogP contribution in [0, 0.1) is 13.8 Å². The number of anilines is 1. The number of carbonyl (C=O) groups excluding carboxylic acids is 2. The van der Waals surface area contributed by atoms with E-state index in [1.54, 1.807) is 0 Å². The molecule has 5 heteroatoms. The van der Waals surface area contributed by atoms with Gasteiger partial charge in [0.05, 0.1) is 12.0 Å². The van der Waals surface area contributed by atoms with Crippen molar-refractivity contribution in [2.24, 2.45) is 0 Å². The zero-order valence-electron chi connectivity index (χ0n) is 20.4. The highest BCUT2D eigenvalue weighted by atomic mass is 16.2. The number of piperazine rings is 1. The van der Waals surface area contributed by atoms with E-state index in [9.17, 15) is 9.59 Å². The van der Waals surface area contributed by atoms with Crippen LogP contribution in [0.15, 0.2) is 66.7 Å². The van der Waals surface area contributed by atoms with E-state index in [1.165, 1.54) is 22.4 Å². The van der Waals surface area contributed by atoms with Gasteiger partial charge in [0.1, 0.15) is 0 Å². The number of nitrogens with zero attached hydrogens (tertiary/aromatic N) is 3. The van der Waals surface area contributed by atoms with E-state index in [1.807, 2.05) is 40.1 Å². The summed E-state index contributed by atoms with van der Waals surface area (Å²) in [6.45, 7) is 7.93.